The zero-order chi connectivity index (χ0) is 18.2. The van der Waals surface area contributed by atoms with Crippen LogP contribution in [0.2, 0.25) is 5.02 Å². The van der Waals surface area contributed by atoms with Crippen molar-refractivity contribution in [1.82, 2.24) is 10.6 Å². The first kappa shape index (κ1) is 22.3. The Hall–Kier alpha value is -1.74. The maximum absolute atomic E-state index is 11.6. The summed E-state index contributed by atoms with van der Waals surface area (Å²) < 4.78 is 10.3. The molecule has 0 saturated heterocycles. The fourth-order valence-electron chi connectivity index (χ4n) is 2.31. The fourth-order valence-corrected chi connectivity index (χ4v) is 2.44. The average Bonchev–Trinajstić information content (AvgIpc) is 2.99. The monoisotopic (exact) mass is 491 g/mol. The standard InChI is InChI=1S/C18H22ClN3O3.HI/c1-12-16(17(23)24-3)10-15(25-12)11-22-18(20-2)21-9-8-13-4-6-14(19)7-5-13;/h4-7,10H,8-9,11H2,1-3H3,(H2,20,21,22);1H. The van der Waals surface area contributed by atoms with Gasteiger partial charge in [-0.2, -0.15) is 0 Å². The highest BCUT2D eigenvalue weighted by molar-refractivity contribution is 14.0. The molecule has 142 valence electrons. The Kier molecular flexibility index (Phi) is 9.50. The van der Waals surface area contributed by atoms with Crippen LogP contribution in [0, 0.1) is 6.92 Å². The first-order valence-electron chi connectivity index (χ1n) is 7.90. The van der Waals surface area contributed by atoms with Gasteiger partial charge in [-0.1, -0.05) is 23.7 Å². The van der Waals surface area contributed by atoms with E-state index in [1.807, 2.05) is 24.3 Å². The van der Waals surface area contributed by atoms with Gasteiger partial charge in [0.2, 0.25) is 0 Å². The SMILES string of the molecule is CN=C(NCCc1ccc(Cl)cc1)NCc1cc(C(=O)OC)c(C)o1.I. The van der Waals surface area contributed by atoms with Gasteiger partial charge in [0.05, 0.1) is 13.7 Å². The Labute approximate surface area is 175 Å². The van der Waals surface area contributed by atoms with Crippen molar-refractivity contribution in [3.8, 4) is 0 Å². The van der Waals surface area contributed by atoms with Crippen molar-refractivity contribution in [3.63, 3.8) is 0 Å². The van der Waals surface area contributed by atoms with E-state index in [-0.39, 0.29) is 24.0 Å². The van der Waals surface area contributed by atoms with Crippen LogP contribution in [0.15, 0.2) is 39.7 Å². The van der Waals surface area contributed by atoms with E-state index < -0.39 is 5.97 Å². The molecule has 26 heavy (non-hydrogen) atoms. The number of aryl methyl sites for hydroxylation is 1. The van der Waals surface area contributed by atoms with Crippen LogP contribution in [0.5, 0.6) is 0 Å². The molecule has 0 aliphatic heterocycles. The number of aliphatic imine (C=N–C) groups is 1. The van der Waals surface area contributed by atoms with Crippen molar-refractivity contribution < 1.29 is 13.9 Å². The molecule has 2 N–H and O–H groups in total. The lowest BCUT2D eigenvalue weighted by Gasteiger charge is -2.11. The van der Waals surface area contributed by atoms with E-state index in [4.69, 9.17) is 20.8 Å². The van der Waals surface area contributed by atoms with Crippen molar-refractivity contribution >= 4 is 47.5 Å². The molecule has 6 nitrogen and oxygen atoms in total. The number of hydrogen-bond acceptors (Lipinski definition) is 4. The first-order valence-corrected chi connectivity index (χ1v) is 8.28. The van der Waals surface area contributed by atoms with Gasteiger partial charge < -0.3 is 19.8 Å². The minimum Gasteiger partial charge on any atom is -0.465 e. The largest absolute Gasteiger partial charge is 0.465 e. The van der Waals surface area contributed by atoms with E-state index in [2.05, 4.69) is 15.6 Å². The molecular formula is C18H23ClIN3O3. The van der Waals surface area contributed by atoms with Gasteiger partial charge in [-0.3, -0.25) is 4.99 Å². The van der Waals surface area contributed by atoms with Crippen molar-refractivity contribution in [2.45, 2.75) is 19.9 Å². The molecule has 0 aliphatic carbocycles. The maximum Gasteiger partial charge on any atom is 0.341 e. The third-order valence-corrected chi connectivity index (χ3v) is 3.90. The van der Waals surface area contributed by atoms with Gasteiger partial charge in [-0.05, 0) is 37.1 Å². The van der Waals surface area contributed by atoms with E-state index in [0.717, 1.165) is 18.0 Å². The summed E-state index contributed by atoms with van der Waals surface area (Å²) in [7, 11) is 3.05. The summed E-state index contributed by atoms with van der Waals surface area (Å²) in [4.78, 5) is 15.8. The smallest absolute Gasteiger partial charge is 0.341 e. The lowest BCUT2D eigenvalue weighted by atomic mass is 10.1. The van der Waals surface area contributed by atoms with Gasteiger partial charge in [0.1, 0.15) is 17.1 Å². The molecule has 0 atom stereocenters. The molecule has 0 fully saturated rings. The number of carbonyl (C=O) groups excluding carboxylic acids is 1. The number of ether oxygens (including phenoxy) is 1. The van der Waals surface area contributed by atoms with E-state index >= 15 is 0 Å². The lowest BCUT2D eigenvalue weighted by molar-refractivity contribution is 0.0599. The van der Waals surface area contributed by atoms with Gasteiger partial charge in [-0.15, -0.1) is 24.0 Å². The predicted molar refractivity (Wildman–Crippen MR) is 114 cm³/mol. The van der Waals surface area contributed by atoms with Gasteiger partial charge in [-0.25, -0.2) is 4.79 Å². The van der Waals surface area contributed by atoms with Gasteiger partial charge in [0, 0.05) is 18.6 Å². The number of guanidine groups is 1. The number of nitrogens with one attached hydrogen (secondary N) is 2. The normalized spacial score (nSPS) is 10.8. The maximum atomic E-state index is 11.6. The number of hydrogen-bond donors (Lipinski definition) is 2. The lowest BCUT2D eigenvalue weighted by Crippen LogP contribution is -2.37. The van der Waals surface area contributed by atoms with Crippen LogP contribution in [-0.2, 0) is 17.7 Å². The summed E-state index contributed by atoms with van der Waals surface area (Å²) in [5, 5.41) is 7.11. The number of carbonyl (C=O) groups is 1. The third kappa shape index (κ3) is 6.53. The summed E-state index contributed by atoms with van der Waals surface area (Å²) in [6, 6.07) is 9.43. The molecule has 1 heterocycles. The Balaban J connectivity index is 0.00000338. The molecule has 0 bridgehead atoms. The number of furan rings is 1. The second kappa shape index (κ2) is 11.1. The van der Waals surface area contributed by atoms with E-state index in [1.54, 1.807) is 20.0 Å². The number of benzene rings is 1. The van der Waals surface area contributed by atoms with Gasteiger partial charge in [0.15, 0.2) is 5.96 Å². The molecule has 8 heteroatoms. The van der Waals surface area contributed by atoms with Crippen LogP contribution in [-0.4, -0.2) is 32.6 Å². The molecule has 2 aromatic rings. The Morgan fingerprint density at radius 2 is 1.96 bits per heavy atom. The first-order chi connectivity index (χ1) is 12.0. The predicted octanol–water partition coefficient (Wildman–Crippen LogP) is 3.55. The molecule has 1 aromatic carbocycles. The van der Waals surface area contributed by atoms with Crippen LogP contribution in [0.25, 0.3) is 0 Å². The molecule has 0 spiro atoms. The number of esters is 1. The van der Waals surface area contributed by atoms with Crippen molar-refractivity contribution in [1.29, 1.82) is 0 Å². The zero-order valence-corrected chi connectivity index (χ0v) is 18.1. The Morgan fingerprint density at radius 3 is 2.58 bits per heavy atom. The molecule has 0 radical (unpaired) electrons. The molecule has 0 unspecified atom stereocenters. The van der Waals surface area contributed by atoms with E-state index in [1.165, 1.54) is 12.7 Å². The molecular weight excluding hydrogens is 469 g/mol. The van der Waals surface area contributed by atoms with Crippen LogP contribution < -0.4 is 10.6 Å². The summed E-state index contributed by atoms with van der Waals surface area (Å²) in [5.41, 5.74) is 1.63. The second-order valence-electron chi connectivity index (χ2n) is 5.40. The zero-order valence-electron chi connectivity index (χ0n) is 15.0. The molecule has 0 amide bonds. The van der Waals surface area contributed by atoms with Crippen LogP contribution in [0.1, 0.15) is 27.4 Å². The third-order valence-electron chi connectivity index (χ3n) is 3.65. The topological polar surface area (TPSA) is 75.9 Å². The number of rotatable bonds is 6. The Morgan fingerprint density at radius 1 is 1.27 bits per heavy atom. The molecule has 0 aliphatic rings. The number of methoxy groups -OCH3 is 1. The van der Waals surface area contributed by atoms with Crippen molar-refractivity contribution in [3.05, 3.63) is 58.0 Å². The summed E-state index contributed by atoms with van der Waals surface area (Å²) in [6.45, 7) is 2.87. The quantitative estimate of drug-likeness (QED) is 0.280. The second-order valence-corrected chi connectivity index (χ2v) is 5.84. The minimum atomic E-state index is -0.405. The van der Waals surface area contributed by atoms with Crippen LogP contribution in [0.3, 0.4) is 0 Å². The van der Waals surface area contributed by atoms with Crippen molar-refractivity contribution in [2.24, 2.45) is 4.99 Å². The van der Waals surface area contributed by atoms with Gasteiger partial charge in [0.25, 0.3) is 0 Å². The highest BCUT2D eigenvalue weighted by atomic mass is 127. The van der Waals surface area contributed by atoms with Crippen LogP contribution >= 0.6 is 35.6 Å². The molecule has 2 rings (SSSR count). The summed E-state index contributed by atoms with van der Waals surface area (Å²) in [5.74, 6) is 1.42. The van der Waals surface area contributed by atoms with E-state index in [0.29, 0.717) is 29.6 Å². The fraction of sp³-hybridized carbons (Fsp3) is 0.333. The molecule has 1 aromatic heterocycles. The van der Waals surface area contributed by atoms with Gasteiger partial charge >= 0.3 is 5.97 Å². The number of nitrogens with zero attached hydrogens (tertiary/aromatic N) is 1. The minimum absolute atomic E-state index is 0. The summed E-state index contributed by atoms with van der Waals surface area (Å²) in [6.07, 6.45) is 0.851. The Bertz CT molecular complexity index is 745. The highest BCUT2D eigenvalue weighted by Crippen LogP contribution is 2.15. The van der Waals surface area contributed by atoms with E-state index in [9.17, 15) is 4.79 Å². The highest BCUT2D eigenvalue weighted by Gasteiger charge is 2.15. The average molecular weight is 492 g/mol. The number of halogens is 2. The van der Waals surface area contributed by atoms with Crippen molar-refractivity contribution in [2.75, 3.05) is 20.7 Å². The summed E-state index contributed by atoms with van der Waals surface area (Å²) >= 11 is 5.88. The van der Waals surface area contributed by atoms with Crippen LogP contribution in [0.4, 0.5) is 0 Å². The molecule has 0 saturated carbocycles.